The summed E-state index contributed by atoms with van der Waals surface area (Å²) in [6.45, 7) is 0. The summed E-state index contributed by atoms with van der Waals surface area (Å²) in [5, 5.41) is 13.9. The predicted molar refractivity (Wildman–Crippen MR) is 596 cm³/mol. The fourth-order valence-electron chi connectivity index (χ4n) is 19.7. The Bertz CT molecular complexity index is 9050. The van der Waals surface area contributed by atoms with Crippen LogP contribution in [0.3, 0.4) is 0 Å². The van der Waals surface area contributed by atoms with Gasteiger partial charge in [-0.15, -0.1) is 0 Å². The molecular formula is C134H92N4O4. The quantitative estimate of drug-likeness (QED) is 0.0894. The summed E-state index contributed by atoms with van der Waals surface area (Å²) in [7, 11) is 0. The number of nitrogens with zero attached hydrogens (tertiary/aromatic N) is 4. The van der Waals surface area contributed by atoms with Crippen LogP contribution in [0.4, 0.5) is 68.2 Å². The molecule has 142 heavy (non-hydrogen) atoms. The maximum Gasteiger partial charge on any atom is 0.135 e. The molecule has 23 aromatic carbocycles. The van der Waals surface area contributed by atoms with Crippen LogP contribution < -0.4 is 19.6 Å². The molecule has 0 aliphatic carbocycles. The van der Waals surface area contributed by atoms with Crippen molar-refractivity contribution in [3.63, 3.8) is 0 Å². The Labute approximate surface area is 822 Å². The molecule has 672 valence electrons. The predicted octanol–water partition coefficient (Wildman–Crippen LogP) is 38.9. The highest BCUT2D eigenvalue weighted by Crippen LogP contribution is 2.48. The summed E-state index contributed by atoms with van der Waals surface area (Å²) in [5.41, 5.74) is 32.6. The Balaban J connectivity index is 0.000000102. The normalized spacial score (nSPS) is 11.2. The Morgan fingerprint density at radius 2 is 0.324 bits per heavy atom. The first-order valence-electron chi connectivity index (χ1n) is 48.0. The first-order valence-corrected chi connectivity index (χ1v) is 48.0. The lowest BCUT2D eigenvalue weighted by molar-refractivity contribution is 0.668. The van der Waals surface area contributed by atoms with Gasteiger partial charge in [0, 0.05) is 111 Å². The molecule has 0 atom stereocenters. The number of hydrogen-bond acceptors (Lipinski definition) is 8. The Kier molecular flexibility index (Phi) is 23.4. The molecule has 0 spiro atoms. The molecule has 8 heteroatoms. The topological polar surface area (TPSA) is 65.5 Å². The van der Waals surface area contributed by atoms with Crippen LogP contribution >= 0.6 is 0 Å². The van der Waals surface area contributed by atoms with Gasteiger partial charge >= 0.3 is 0 Å². The summed E-state index contributed by atoms with van der Waals surface area (Å²) < 4.78 is 24.4. The van der Waals surface area contributed by atoms with Gasteiger partial charge in [0.1, 0.15) is 44.7 Å². The largest absolute Gasteiger partial charge is 0.456 e. The van der Waals surface area contributed by atoms with E-state index >= 15 is 0 Å². The van der Waals surface area contributed by atoms with Gasteiger partial charge < -0.3 is 37.3 Å². The highest BCUT2D eigenvalue weighted by atomic mass is 16.3. The van der Waals surface area contributed by atoms with Crippen LogP contribution in [0.15, 0.2) is 576 Å². The van der Waals surface area contributed by atoms with Crippen molar-refractivity contribution in [2.45, 2.75) is 0 Å². The second kappa shape index (κ2) is 38.6. The van der Waals surface area contributed by atoms with Crippen molar-refractivity contribution in [1.82, 2.24) is 0 Å². The van der Waals surface area contributed by atoms with Crippen LogP contribution in [0.25, 0.3) is 165 Å². The number of benzene rings is 23. The zero-order valence-corrected chi connectivity index (χ0v) is 77.5. The lowest BCUT2D eigenvalue weighted by Crippen LogP contribution is -2.10. The van der Waals surface area contributed by atoms with Crippen molar-refractivity contribution in [1.29, 1.82) is 0 Å². The second-order valence-electron chi connectivity index (χ2n) is 35.4. The van der Waals surface area contributed by atoms with E-state index in [0.717, 1.165) is 156 Å². The van der Waals surface area contributed by atoms with Crippen molar-refractivity contribution in [3.05, 3.63) is 558 Å². The van der Waals surface area contributed by atoms with Gasteiger partial charge in [-0.1, -0.05) is 370 Å². The van der Waals surface area contributed by atoms with E-state index in [1.54, 1.807) is 0 Å². The zero-order chi connectivity index (χ0) is 94.4. The number of fused-ring (bicyclic) bond motifs is 14. The molecule has 0 fully saturated rings. The van der Waals surface area contributed by atoms with Crippen molar-refractivity contribution in [3.8, 4) is 55.6 Å². The number of hydrogen-bond donors (Lipinski definition) is 0. The summed E-state index contributed by atoms with van der Waals surface area (Å²) in [4.78, 5) is 9.28. The SMILES string of the molecule is c1ccc(-c2ccc(N(c3ccc(-c4ccccc4)cc3)c3ccc4oc5ccccc5c4c3)cc2)cc1.c1ccc(-c2ccc(N(c3ccc4ccccc4c3)c3ccc4oc5ccccc5c4c3)cc2)cc1.c1ccc(-c2ccc(N(c3ccc4oc5ccccc5c4c3)c3cccc4ccccc34)cc2)cc1.c1ccc(-c2cccc(N(c3ccccc3)c3ccc4oc5ccccc5c4c3)c2)cc1. The minimum atomic E-state index is 0.897. The van der Waals surface area contributed by atoms with Crippen LogP contribution in [-0.4, -0.2) is 0 Å². The molecule has 8 nitrogen and oxygen atoms in total. The van der Waals surface area contributed by atoms with Crippen LogP contribution in [0.1, 0.15) is 0 Å². The molecule has 0 bridgehead atoms. The number of rotatable bonds is 17. The van der Waals surface area contributed by atoms with E-state index in [0.29, 0.717) is 0 Å². The van der Waals surface area contributed by atoms with Gasteiger partial charge in [-0.25, -0.2) is 0 Å². The van der Waals surface area contributed by atoms with Gasteiger partial charge in [-0.3, -0.25) is 0 Å². The molecule has 4 heterocycles. The van der Waals surface area contributed by atoms with Gasteiger partial charge in [0.2, 0.25) is 0 Å². The van der Waals surface area contributed by atoms with Crippen molar-refractivity contribution >= 4 is 178 Å². The van der Waals surface area contributed by atoms with Gasteiger partial charge in [0.05, 0.1) is 5.69 Å². The van der Waals surface area contributed by atoms with Crippen LogP contribution in [-0.2, 0) is 0 Å². The Morgan fingerprint density at radius 3 is 0.697 bits per heavy atom. The summed E-state index contributed by atoms with van der Waals surface area (Å²) in [5.74, 6) is 0. The molecular weight excluding hydrogens is 1730 g/mol. The molecule has 0 radical (unpaired) electrons. The zero-order valence-electron chi connectivity index (χ0n) is 77.5. The monoisotopic (exact) mass is 1820 g/mol. The summed E-state index contributed by atoms with van der Waals surface area (Å²) in [6.07, 6.45) is 0. The fraction of sp³-hybridized carbons (Fsp3) is 0. The van der Waals surface area contributed by atoms with Gasteiger partial charge in [0.25, 0.3) is 0 Å². The van der Waals surface area contributed by atoms with E-state index in [-0.39, 0.29) is 0 Å². The number of para-hydroxylation sites is 5. The molecule has 0 aliphatic heterocycles. The first kappa shape index (κ1) is 85.9. The number of anilines is 12. The van der Waals surface area contributed by atoms with Gasteiger partial charge in [-0.05, 0) is 260 Å². The average Bonchev–Trinajstić information content (AvgIpc) is 1.50. The third-order valence-electron chi connectivity index (χ3n) is 26.6. The standard InChI is InChI=1S/C36H25NO.2C34H23NO.C30H21NO/c1-3-9-26(10-4-1)28-15-19-30(20-16-28)37(31-21-17-29(18-22-31)27-11-5-2-6-12-27)32-23-24-36-34(25-32)33-13-7-8-14-35(33)38-36;1-2-9-24(10-3-1)25-17-19-27(20-18-25)35(32-15-8-12-26-11-4-5-13-29(26)32)28-21-22-34-31(23-28)30-14-6-7-16-33(30)36-34;1-2-8-24(9-3-1)26-14-17-28(18-15-26)35(29-19-16-25-10-4-5-11-27(25)22-29)30-20-21-34-32(23-30)31-12-6-7-13-33(31)36-34;1-3-10-22(11-4-1)23-12-9-15-25(20-23)31(24-13-5-2-6-14-24)26-18-19-30-28(21-26)27-16-7-8-17-29(27)32-30/h1-25H;2*1-23H;1-21H. The maximum atomic E-state index is 6.12. The maximum absolute atomic E-state index is 6.12. The van der Waals surface area contributed by atoms with E-state index in [4.69, 9.17) is 17.7 Å². The fourth-order valence-corrected chi connectivity index (χ4v) is 19.7. The van der Waals surface area contributed by atoms with E-state index in [1.807, 2.05) is 54.6 Å². The minimum Gasteiger partial charge on any atom is -0.456 e. The third kappa shape index (κ3) is 17.4. The Hall–Kier alpha value is -19.0. The van der Waals surface area contributed by atoms with E-state index < -0.39 is 0 Å². The molecule has 0 amide bonds. The van der Waals surface area contributed by atoms with E-state index in [2.05, 4.69) is 523 Å². The van der Waals surface area contributed by atoms with Crippen LogP contribution in [0, 0.1) is 0 Å². The molecule has 0 N–H and O–H groups in total. The first-order chi connectivity index (χ1) is 70.4. The van der Waals surface area contributed by atoms with Crippen molar-refractivity contribution in [2.24, 2.45) is 0 Å². The van der Waals surface area contributed by atoms with Crippen molar-refractivity contribution in [2.75, 3.05) is 19.6 Å². The molecule has 27 rings (SSSR count). The summed E-state index contributed by atoms with van der Waals surface area (Å²) in [6, 6.07) is 196. The highest BCUT2D eigenvalue weighted by molar-refractivity contribution is 6.11. The average molecular weight is 1820 g/mol. The Morgan fingerprint density at radius 1 is 0.106 bits per heavy atom. The molecule has 0 aliphatic rings. The lowest BCUT2D eigenvalue weighted by Gasteiger charge is -2.27. The second-order valence-corrected chi connectivity index (χ2v) is 35.4. The van der Waals surface area contributed by atoms with Crippen molar-refractivity contribution < 1.29 is 17.7 Å². The summed E-state index contributed by atoms with van der Waals surface area (Å²) >= 11 is 0. The third-order valence-corrected chi connectivity index (χ3v) is 26.6. The smallest absolute Gasteiger partial charge is 0.135 e. The molecule has 4 aromatic heterocycles. The minimum absolute atomic E-state index is 0.897. The molecule has 0 saturated carbocycles. The molecule has 0 unspecified atom stereocenters. The number of furan rings is 4. The molecule has 27 aromatic rings. The van der Waals surface area contributed by atoms with Gasteiger partial charge in [0.15, 0.2) is 0 Å². The van der Waals surface area contributed by atoms with E-state index in [9.17, 15) is 0 Å². The lowest BCUT2D eigenvalue weighted by atomic mass is 10.0. The van der Waals surface area contributed by atoms with Crippen LogP contribution in [0.2, 0.25) is 0 Å². The highest BCUT2D eigenvalue weighted by Gasteiger charge is 2.24. The molecule has 0 saturated heterocycles. The van der Waals surface area contributed by atoms with E-state index in [1.165, 1.54) is 77.2 Å². The van der Waals surface area contributed by atoms with Crippen LogP contribution in [0.5, 0.6) is 0 Å². The van der Waals surface area contributed by atoms with Gasteiger partial charge in [-0.2, -0.15) is 0 Å².